The minimum absolute atomic E-state index is 0.0138. The van der Waals surface area contributed by atoms with Gasteiger partial charge in [-0.05, 0) is 32.6 Å². The minimum atomic E-state index is -0.522. The fraction of sp³-hybridized carbons (Fsp3) is 0.818. The van der Waals surface area contributed by atoms with E-state index in [0.29, 0.717) is 11.1 Å². The van der Waals surface area contributed by atoms with E-state index in [1.165, 1.54) is 0 Å². The maximum Gasteiger partial charge on any atom is 0.233 e. The van der Waals surface area contributed by atoms with Crippen LogP contribution in [-0.2, 0) is 9.53 Å². The Hall–Kier alpha value is -0.680. The Kier molecular flexibility index (Phi) is 3.17. The first-order valence-electron chi connectivity index (χ1n) is 5.81. The first-order chi connectivity index (χ1) is 7.58. The fourth-order valence-electron chi connectivity index (χ4n) is 2.09. The number of carbonyl (C=O) groups is 1. The van der Waals surface area contributed by atoms with Crippen LogP contribution in [0, 0.1) is 5.41 Å². The average molecular weight is 242 g/mol. The molecule has 1 amide bonds. The van der Waals surface area contributed by atoms with Crippen LogP contribution in [0.5, 0.6) is 0 Å². The number of thiocarbonyl (C=S) groups is 1. The molecular formula is C11H18N2O2S. The van der Waals surface area contributed by atoms with Crippen LogP contribution in [0.15, 0.2) is 0 Å². The Balaban J connectivity index is 1.76. The van der Waals surface area contributed by atoms with Gasteiger partial charge in [0.15, 0.2) is 0 Å². The van der Waals surface area contributed by atoms with Gasteiger partial charge in [0.05, 0.1) is 16.5 Å². The van der Waals surface area contributed by atoms with Gasteiger partial charge in [0.25, 0.3) is 0 Å². The number of amides is 1. The van der Waals surface area contributed by atoms with Crippen LogP contribution in [0.25, 0.3) is 0 Å². The molecule has 0 heterocycles. The van der Waals surface area contributed by atoms with Crippen molar-refractivity contribution in [2.24, 2.45) is 11.1 Å². The molecule has 2 aliphatic rings. The zero-order valence-electron chi connectivity index (χ0n) is 9.49. The third-order valence-corrected chi connectivity index (χ3v) is 3.88. The topological polar surface area (TPSA) is 64.3 Å². The van der Waals surface area contributed by atoms with Crippen molar-refractivity contribution < 1.29 is 9.53 Å². The Bertz CT molecular complexity index is 309. The van der Waals surface area contributed by atoms with E-state index < -0.39 is 5.41 Å². The van der Waals surface area contributed by atoms with Crippen molar-refractivity contribution in [1.82, 2.24) is 5.32 Å². The monoisotopic (exact) mass is 242 g/mol. The summed E-state index contributed by atoms with van der Waals surface area (Å²) in [6.07, 6.45) is 3.74. The highest BCUT2D eigenvalue weighted by Gasteiger charge is 2.53. The summed E-state index contributed by atoms with van der Waals surface area (Å²) in [7, 11) is 0. The first kappa shape index (κ1) is 11.8. The molecule has 0 aromatic carbocycles. The lowest BCUT2D eigenvalue weighted by Crippen LogP contribution is -2.51. The van der Waals surface area contributed by atoms with Crippen molar-refractivity contribution in [1.29, 1.82) is 0 Å². The van der Waals surface area contributed by atoms with Gasteiger partial charge in [-0.25, -0.2) is 0 Å². The van der Waals surface area contributed by atoms with Crippen LogP contribution >= 0.6 is 12.2 Å². The Morgan fingerprint density at radius 1 is 1.56 bits per heavy atom. The normalized spacial score (nSPS) is 30.3. The fourth-order valence-corrected chi connectivity index (χ4v) is 2.39. The smallest absolute Gasteiger partial charge is 0.233 e. The van der Waals surface area contributed by atoms with E-state index in [1.54, 1.807) is 0 Å². The summed E-state index contributed by atoms with van der Waals surface area (Å²) in [6, 6.07) is 0.246. The van der Waals surface area contributed by atoms with Gasteiger partial charge in [-0.3, -0.25) is 4.79 Å². The number of rotatable bonds is 5. The SMILES string of the molecule is CCOC1CC(NC(=O)C2(C(N)=S)CC2)C1. The van der Waals surface area contributed by atoms with Crippen LogP contribution in [0.1, 0.15) is 32.6 Å². The molecule has 3 N–H and O–H groups in total. The zero-order chi connectivity index (χ0) is 11.8. The average Bonchev–Trinajstić information content (AvgIpc) is 2.94. The Morgan fingerprint density at radius 3 is 2.62 bits per heavy atom. The molecule has 2 aliphatic carbocycles. The summed E-state index contributed by atoms with van der Waals surface area (Å²) in [5.74, 6) is 0.0138. The van der Waals surface area contributed by atoms with Crippen LogP contribution in [0.4, 0.5) is 0 Å². The lowest BCUT2D eigenvalue weighted by molar-refractivity contribution is -0.126. The van der Waals surface area contributed by atoms with E-state index in [1.807, 2.05) is 6.92 Å². The van der Waals surface area contributed by atoms with E-state index >= 15 is 0 Å². The van der Waals surface area contributed by atoms with Gasteiger partial charge in [0, 0.05) is 12.6 Å². The van der Waals surface area contributed by atoms with E-state index in [4.69, 9.17) is 22.7 Å². The number of carbonyl (C=O) groups excluding carboxylic acids is 1. The van der Waals surface area contributed by atoms with Crippen molar-refractivity contribution in [2.45, 2.75) is 44.8 Å². The predicted octanol–water partition coefficient (Wildman–Crippen LogP) is 0.736. The molecule has 0 atom stereocenters. The lowest BCUT2D eigenvalue weighted by Gasteiger charge is -2.36. The maximum absolute atomic E-state index is 11.9. The van der Waals surface area contributed by atoms with Gasteiger partial charge in [-0.15, -0.1) is 0 Å². The van der Waals surface area contributed by atoms with Crippen molar-refractivity contribution in [3.8, 4) is 0 Å². The van der Waals surface area contributed by atoms with Gasteiger partial charge >= 0.3 is 0 Å². The second kappa shape index (κ2) is 4.30. The summed E-state index contributed by atoms with van der Waals surface area (Å²) in [4.78, 5) is 12.3. The predicted molar refractivity (Wildman–Crippen MR) is 65.0 cm³/mol. The molecule has 2 saturated carbocycles. The van der Waals surface area contributed by atoms with Gasteiger partial charge < -0.3 is 15.8 Å². The van der Waals surface area contributed by atoms with Crippen LogP contribution in [0.2, 0.25) is 0 Å². The molecule has 2 fully saturated rings. The van der Waals surface area contributed by atoms with E-state index in [2.05, 4.69) is 5.32 Å². The molecule has 0 unspecified atom stereocenters. The van der Waals surface area contributed by atoms with Gasteiger partial charge in [-0.2, -0.15) is 0 Å². The molecule has 0 bridgehead atoms. The number of nitrogens with one attached hydrogen (secondary N) is 1. The zero-order valence-corrected chi connectivity index (χ0v) is 10.3. The molecule has 0 aliphatic heterocycles. The molecule has 4 nitrogen and oxygen atoms in total. The lowest BCUT2D eigenvalue weighted by atomic mass is 9.88. The Labute approximate surface area is 101 Å². The highest BCUT2D eigenvalue weighted by atomic mass is 32.1. The van der Waals surface area contributed by atoms with Gasteiger partial charge in [0.1, 0.15) is 0 Å². The third kappa shape index (κ3) is 2.06. The van der Waals surface area contributed by atoms with Crippen LogP contribution in [0.3, 0.4) is 0 Å². The number of nitrogens with two attached hydrogens (primary N) is 1. The van der Waals surface area contributed by atoms with Crippen molar-refractivity contribution in [3.05, 3.63) is 0 Å². The van der Waals surface area contributed by atoms with Crippen molar-refractivity contribution in [2.75, 3.05) is 6.61 Å². The summed E-state index contributed by atoms with van der Waals surface area (Å²) >= 11 is 4.93. The molecule has 16 heavy (non-hydrogen) atoms. The summed E-state index contributed by atoms with van der Waals surface area (Å²) in [5, 5.41) is 3.00. The number of hydrogen-bond donors (Lipinski definition) is 2. The highest BCUT2D eigenvalue weighted by molar-refractivity contribution is 7.80. The van der Waals surface area contributed by atoms with Crippen LogP contribution in [-0.4, -0.2) is 29.6 Å². The largest absolute Gasteiger partial charge is 0.392 e. The Morgan fingerprint density at radius 2 is 2.19 bits per heavy atom. The molecule has 2 rings (SSSR count). The quantitative estimate of drug-likeness (QED) is 0.698. The minimum Gasteiger partial charge on any atom is -0.392 e. The van der Waals surface area contributed by atoms with E-state index in [9.17, 15) is 4.79 Å². The molecule has 0 saturated heterocycles. The van der Waals surface area contributed by atoms with Crippen molar-refractivity contribution in [3.63, 3.8) is 0 Å². The molecule has 90 valence electrons. The standard InChI is InChI=1S/C11H18N2O2S/c1-2-15-8-5-7(6-8)13-10(14)11(3-4-11)9(12)16/h7-8H,2-6H2,1H3,(H2,12,16)(H,13,14). The third-order valence-electron chi connectivity index (χ3n) is 3.49. The molecular weight excluding hydrogens is 224 g/mol. The summed E-state index contributed by atoms with van der Waals surface area (Å²) < 4.78 is 5.44. The molecule has 0 aromatic heterocycles. The second-order valence-corrected chi connectivity index (χ2v) is 5.11. The molecule has 0 spiro atoms. The second-order valence-electron chi connectivity index (χ2n) is 4.67. The van der Waals surface area contributed by atoms with Crippen LogP contribution < -0.4 is 11.1 Å². The van der Waals surface area contributed by atoms with E-state index in [-0.39, 0.29) is 11.9 Å². The van der Waals surface area contributed by atoms with E-state index in [0.717, 1.165) is 32.3 Å². The molecule has 5 heteroatoms. The van der Waals surface area contributed by atoms with Crippen molar-refractivity contribution >= 4 is 23.1 Å². The maximum atomic E-state index is 11.9. The van der Waals surface area contributed by atoms with Gasteiger partial charge in [-0.1, -0.05) is 12.2 Å². The number of hydrogen-bond acceptors (Lipinski definition) is 3. The summed E-state index contributed by atoms with van der Waals surface area (Å²) in [5.41, 5.74) is 5.07. The molecule has 0 radical (unpaired) electrons. The molecule has 0 aromatic rings. The first-order valence-corrected chi connectivity index (χ1v) is 6.22. The number of ether oxygens (including phenoxy) is 1. The highest BCUT2D eigenvalue weighted by Crippen LogP contribution is 2.46. The summed E-state index contributed by atoms with van der Waals surface area (Å²) in [6.45, 7) is 2.72. The van der Waals surface area contributed by atoms with Gasteiger partial charge in [0.2, 0.25) is 5.91 Å².